The third-order valence-corrected chi connectivity index (χ3v) is 4.23. The highest BCUT2D eigenvalue weighted by molar-refractivity contribution is 8.03. The minimum atomic E-state index is -2.44. The lowest BCUT2D eigenvalue weighted by atomic mass is 10.0. The van der Waals surface area contributed by atoms with Crippen molar-refractivity contribution in [3.8, 4) is 6.07 Å². The summed E-state index contributed by atoms with van der Waals surface area (Å²) >= 11 is 1.21. The van der Waals surface area contributed by atoms with Gasteiger partial charge >= 0.3 is 0 Å². The number of fused-ring (bicyclic) bond motifs is 1. The molecule has 0 atom stereocenters. The Hall–Kier alpha value is -1.87. The molecule has 96 valence electrons. The molecule has 19 heavy (non-hydrogen) atoms. The van der Waals surface area contributed by atoms with E-state index in [1.165, 1.54) is 18.0 Å². The number of nitrogens with one attached hydrogen (secondary N) is 1. The molecule has 3 rings (SSSR count). The van der Waals surface area contributed by atoms with E-state index >= 15 is 0 Å². The highest BCUT2D eigenvalue weighted by Gasteiger charge is 2.25. The van der Waals surface area contributed by atoms with Crippen molar-refractivity contribution in [2.75, 3.05) is 5.75 Å². The van der Waals surface area contributed by atoms with Crippen LogP contribution in [0.2, 0.25) is 0 Å². The summed E-state index contributed by atoms with van der Waals surface area (Å²) in [4.78, 5) is 7.23. The molecule has 0 saturated carbocycles. The SMILES string of the molecule is N#Cc1cnc2[nH]cc(C3=C(C(F)F)SCC3)c2c1. The number of nitrogens with zero attached hydrogens (tertiary/aromatic N) is 2. The van der Waals surface area contributed by atoms with Gasteiger partial charge in [0.2, 0.25) is 0 Å². The minimum Gasteiger partial charge on any atom is -0.346 e. The maximum atomic E-state index is 13.0. The van der Waals surface area contributed by atoms with Gasteiger partial charge in [-0.05, 0) is 18.1 Å². The molecule has 1 N–H and O–H groups in total. The average Bonchev–Trinajstić information content (AvgIpc) is 3.03. The van der Waals surface area contributed by atoms with Gasteiger partial charge in [-0.25, -0.2) is 13.8 Å². The lowest BCUT2D eigenvalue weighted by molar-refractivity contribution is 0.200. The van der Waals surface area contributed by atoms with Gasteiger partial charge < -0.3 is 4.98 Å². The van der Waals surface area contributed by atoms with Gasteiger partial charge in [-0.15, -0.1) is 11.8 Å². The van der Waals surface area contributed by atoms with Crippen molar-refractivity contribution in [1.82, 2.24) is 9.97 Å². The van der Waals surface area contributed by atoms with Gasteiger partial charge in [0.05, 0.1) is 10.5 Å². The fraction of sp³-hybridized carbons (Fsp3) is 0.231. The average molecular weight is 277 g/mol. The molecule has 0 aromatic carbocycles. The van der Waals surface area contributed by atoms with Gasteiger partial charge in [-0.1, -0.05) is 0 Å². The summed E-state index contributed by atoms with van der Waals surface area (Å²) in [6.07, 6.45) is 1.34. The van der Waals surface area contributed by atoms with Crippen molar-refractivity contribution in [2.24, 2.45) is 0 Å². The summed E-state index contributed by atoms with van der Waals surface area (Å²) in [5, 5.41) is 9.63. The first-order chi connectivity index (χ1) is 9.20. The Morgan fingerprint density at radius 2 is 2.32 bits per heavy atom. The molecule has 1 aliphatic heterocycles. The van der Waals surface area contributed by atoms with Crippen molar-refractivity contribution >= 4 is 28.4 Å². The van der Waals surface area contributed by atoms with Crippen LogP contribution in [0.15, 0.2) is 23.4 Å². The number of rotatable bonds is 2. The molecule has 1 aliphatic rings. The molecular formula is C13H9F2N3S. The third kappa shape index (κ3) is 2.00. The van der Waals surface area contributed by atoms with E-state index in [0.29, 0.717) is 29.0 Å². The van der Waals surface area contributed by atoms with Crippen molar-refractivity contribution in [1.29, 1.82) is 5.26 Å². The molecule has 0 saturated heterocycles. The van der Waals surface area contributed by atoms with Crippen LogP contribution in [0.1, 0.15) is 17.5 Å². The van der Waals surface area contributed by atoms with Crippen molar-refractivity contribution in [2.45, 2.75) is 12.8 Å². The highest BCUT2D eigenvalue weighted by Crippen LogP contribution is 2.42. The second-order valence-electron chi connectivity index (χ2n) is 4.18. The van der Waals surface area contributed by atoms with E-state index in [0.717, 1.165) is 10.9 Å². The van der Waals surface area contributed by atoms with Crippen LogP contribution in [-0.4, -0.2) is 22.1 Å². The zero-order valence-corrected chi connectivity index (χ0v) is 10.6. The Morgan fingerprint density at radius 1 is 1.47 bits per heavy atom. The molecule has 0 amide bonds. The summed E-state index contributed by atoms with van der Waals surface area (Å²) in [6.45, 7) is 0. The van der Waals surface area contributed by atoms with Crippen molar-refractivity contribution < 1.29 is 8.78 Å². The first kappa shape index (κ1) is 12.2. The molecule has 2 aromatic heterocycles. The summed E-state index contributed by atoms with van der Waals surface area (Å²) in [7, 11) is 0. The van der Waals surface area contributed by atoms with E-state index in [2.05, 4.69) is 9.97 Å². The molecule has 2 aromatic rings. The van der Waals surface area contributed by atoms with E-state index in [-0.39, 0.29) is 4.91 Å². The number of halogens is 2. The van der Waals surface area contributed by atoms with Crippen molar-refractivity contribution in [3.05, 3.63) is 34.5 Å². The monoisotopic (exact) mass is 277 g/mol. The largest absolute Gasteiger partial charge is 0.346 e. The maximum Gasteiger partial charge on any atom is 0.269 e. The quantitative estimate of drug-likeness (QED) is 0.913. The second kappa shape index (κ2) is 4.67. The molecule has 0 unspecified atom stereocenters. The molecule has 3 heterocycles. The predicted molar refractivity (Wildman–Crippen MR) is 70.8 cm³/mol. The lowest BCUT2D eigenvalue weighted by Crippen LogP contribution is -1.93. The van der Waals surface area contributed by atoms with Crippen LogP contribution in [0.25, 0.3) is 16.6 Å². The fourth-order valence-corrected chi connectivity index (χ4v) is 3.29. The van der Waals surface area contributed by atoms with E-state index in [1.807, 2.05) is 6.07 Å². The Bertz CT molecular complexity index is 712. The van der Waals surface area contributed by atoms with Crippen LogP contribution in [-0.2, 0) is 0 Å². The Kier molecular flexibility index (Phi) is 2.99. The van der Waals surface area contributed by atoms with E-state index < -0.39 is 6.43 Å². The number of pyridine rings is 1. The van der Waals surface area contributed by atoms with Gasteiger partial charge in [-0.2, -0.15) is 5.26 Å². The minimum absolute atomic E-state index is 0.142. The van der Waals surface area contributed by atoms with Crippen LogP contribution in [0.5, 0.6) is 0 Å². The fourth-order valence-electron chi connectivity index (χ4n) is 2.25. The zero-order valence-electron chi connectivity index (χ0n) is 9.78. The number of aromatic amines is 1. The summed E-state index contributed by atoms with van der Waals surface area (Å²) < 4.78 is 25.9. The topological polar surface area (TPSA) is 52.5 Å². The first-order valence-corrected chi connectivity index (χ1v) is 6.71. The van der Waals surface area contributed by atoms with Gasteiger partial charge in [-0.3, -0.25) is 0 Å². The predicted octanol–water partition coefficient (Wildman–Crippen LogP) is 3.55. The molecule has 6 heteroatoms. The molecular weight excluding hydrogens is 268 g/mol. The van der Waals surface area contributed by atoms with Gasteiger partial charge in [0.25, 0.3) is 6.43 Å². The smallest absolute Gasteiger partial charge is 0.269 e. The number of nitriles is 1. The third-order valence-electron chi connectivity index (χ3n) is 3.09. The molecule has 0 spiro atoms. The number of hydrogen-bond donors (Lipinski definition) is 1. The molecule has 0 radical (unpaired) electrons. The van der Waals surface area contributed by atoms with E-state index in [9.17, 15) is 8.78 Å². The number of thioether (sulfide) groups is 1. The number of hydrogen-bond acceptors (Lipinski definition) is 3. The zero-order chi connectivity index (χ0) is 13.4. The standard InChI is InChI=1S/C13H9F2N3S/c14-12(15)11-8(1-2-19-11)10-6-18-13-9(10)3-7(4-16)5-17-13/h3,5-6,12H,1-2H2,(H,17,18). The van der Waals surface area contributed by atoms with Crippen LogP contribution in [0.3, 0.4) is 0 Å². The Balaban J connectivity index is 2.21. The molecule has 0 fully saturated rings. The second-order valence-corrected chi connectivity index (χ2v) is 5.31. The number of H-pyrrole nitrogens is 1. The van der Waals surface area contributed by atoms with Crippen LogP contribution in [0.4, 0.5) is 8.78 Å². The molecule has 0 bridgehead atoms. The number of alkyl halides is 2. The summed E-state index contributed by atoms with van der Waals surface area (Å²) in [5.41, 5.74) is 2.45. The lowest BCUT2D eigenvalue weighted by Gasteiger charge is -2.04. The Labute approximate surface area is 112 Å². The van der Waals surface area contributed by atoms with Crippen LogP contribution in [0, 0.1) is 11.3 Å². The van der Waals surface area contributed by atoms with E-state index in [1.54, 1.807) is 12.3 Å². The maximum absolute atomic E-state index is 13.0. The summed E-state index contributed by atoms with van der Waals surface area (Å²) in [5.74, 6) is 0.674. The normalized spacial score (nSPS) is 15.5. The molecule has 0 aliphatic carbocycles. The molecule has 3 nitrogen and oxygen atoms in total. The number of allylic oxidation sites excluding steroid dienone is 2. The van der Waals surface area contributed by atoms with Crippen LogP contribution >= 0.6 is 11.8 Å². The van der Waals surface area contributed by atoms with Gasteiger partial charge in [0.15, 0.2) is 0 Å². The van der Waals surface area contributed by atoms with Gasteiger partial charge in [0, 0.05) is 29.1 Å². The van der Waals surface area contributed by atoms with Gasteiger partial charge in [0.1, 0.15) is 11.7 Å². The van der Waals surface area contributed by atoms with Crippen molar-refractivity contribution in [3.63, 3.8) is 0 Å². The van der Waals surface area contributed by atoms with E-state index in [4.69, 9.17) is 5.26 Å². The summed E-state index contributed by atoms with van der Waals surface area (Å²) in [6, 6.07) is 3.70. The van der Waals surface area contributed by atoms with Crippen LogP contribution < -0.4 is 0 Å². The number of aromatic nitrogens is 2. The first-order valence-electron chi connectivity index (χ1n) is 5.72. The Morgan fingerprint density at radius 3 is 3.05 bits per heavy atom. The highest BCUT2D eigenvalue weighted by atomic mass is 32.2.